The van der Waals surface area contributed by atoms with E-state index in [1.165, 1.54) is 11.3 Å². The van der Waals surface area contributed by atoms with E-state index in [1.54, 1.807) is 12.0 Å². The average Bonchev–Trinajstić information content (AvgIpc) is 3.01. The lowest BCUT2D eigenvalue weighted by Crippen LogP contribution is -2.47. The van der Waals surface area contributed by atoms with Crippen LogP contribution in [-0.4, -0.2) is 49.6 Å². The molecule has 1 fully saturated rings. The zero-order valence-corrected chi connectivity index (χ0v) is 13.3. The van der Waals surface area contributed by atoms with Crippen LogP contribution >= 0.6 is 11.3 Å². The van der Waals surface area contributed by atoms with Crippen molar-refractivity contribution in [2.45, 2.75) is 25.8 Å². The van der Waals surface area contributed by atoms with Gasteiger partial charge in [0.15, 0.2) is 0 Å². The van der Waals surface area contributed by atoms with Gasteiger partial charge < -0.3 is 15.0 Å². The van der Waals surface area contributed by atoms with E-state index >= 15 is 0 Å². The van der Waals surface area contributed by atoms with Crippen LogP contribution in [-0.2, 0) is 9.53 Å². The fourth-order valence-corrected chi connectivity index (χ4v) is 3.27. The topological polar surface area (TPSA) is 58.6 Å². The fraction of sp³-hybridized carbons (Fsp3) is 0.600. The van der Waals surface area contributed by atoms with Crippen LogP contribution in [0.15, 0.2) is 17.5 Å². The molecule has 0 radical (unpaired) electrons. The van der Waals surface area contributed by atoms with E-state index in [-0.39, 0.29) is 23.8 Å². The Morgan fingerprint density at radius 1 is 1.57 bits per heavy atom. The summed E-state index contributed by atoms with van der Waals surface area (Å²) in [6.45, 7) is 3.64. The number of piperidine rings is 1. The molecular weight excluding hydrogens is 288 g/mol. The van der Waals surface area contributed by atoms with Crippen molar-refractivity contribution in [1.82, 2.24) is 10.2 Å². The standard InChI is InChI=1S/C15H22N2O3S/c1-11(10-20-2)16-14(18)12-5-3-7-17(9-12)15(19)13-6-4-8-21-13/h4,6,8,11-12H,3,5,7,9-10H2,1-2H3,(H,16,18)/t11-,12-/m1/s1. The lowest BCUT2D eigenvalue weighted by molar-refractivity contribution is -0.127. The number of methoxy groups -OCH3 is 1. The second kappa shape index (κ2) is 7.56. The van der Waals surface area contributed by atoms with Gasteiger partial charge in [0.05, 0.1) is 17.4 Å². The molecule has 6 heteroatoms. The summed E-state index contributed by atoms with van der Waals surface area (Å²) in [5.74, 6) is -0.0716. The molecule has 0 aliphatic carbocycles. The number of thiophene rings is 1. The van der Waals surface area contributed by atoms with Gasteiger partial charge in [-0.3, -0.25) is 9.59 Å². The monoisotopic (exact) mass is 310 g/mol. The van der Waals surface area contributed by atoms with Crippen LogP contribution in [0.4, 0.5) is 0 Å². The minimum absolute atomic E-state index is 0.00845. The van der Waals surface area contributed by atoms with Crippen LogP contribution in [0.25, 0.3) is 0 Å². The predicted octanol–water partition coefficient (Wildman–Crippen LogP) is 1.75. The molecule has 0 spiro atoms. The molecule has 1 aliphatic heterocycles. The van der Waals surface area contributed by atoms with Crippen LogP contribution in [0.3, 0.4) is 0 Å². The number of ether oxygens (including phenoxy) is 1. The third-order valence-electron chi connectivity index (χ3n) is 3.62. The molecule has 1 saturated heterocycles. The summed E-state index contributed by atoms with van der Waals surface area (Å²) in [5.41, 5.74) is 0. The molecule has 0 aromatic carbocycles. The molecule has 2 amide bonds. The first kappa shape index (κ1) is 16.0. The fourth-order valence-electron chi connectivity index (χ4n) is 2.58. The number of nitrogens with one attached hydrogen (secondary N) is 1. The third kappa shape index (κ3) is 4.28. The molecule has 2 heterocycles. The number of nitrogens with zero attached hydrogens (tertiary/aromatic N) is 1. The van der Waals surface area contributed by atoms with Crippen molar-refractivity contribution < 1.29 is 14.3 Å². The Labute approximate surface area is 129 Å². The summed E-state index contributed by atoms with van der Waals surface area (Å²) < 4.78 is 5.02. The first-order chi connectivity index (χ1) is 10.1. The third-order valence-corrected chi connectivity index (χ3v) is 4.47. The average molecular weight is 310 g/mol. The second-order valence-electron chi connectivity index (χ2n) is 5.43. The molecule has 5 nitrogen and oxygen atoms in total. The molecule has 1 N–H and O–H groups in total. The molecule has 0 saturated carbocycles. The van der Waals surface area contributed by atoms with Gasteiger partial charge in [-0.05, 0) is 31.2 Å². The zero-order chi connectivity index (χ0) is 15.2. The number of hydrogen-bond acceptors (Lipinski definition) is 4. The summed E-state index contributed by atoms with van der Waals surface area (Å²) in [5, 5.41) is 4.84. The number of carbonyl (C=O) groups is 2. The Morgan fingerprint density at radius 2 is 2.38 bits per heavy atom. The van der Waals surface area contributed by atoms with Gasteiger partial charge >= 0.3 is 0 Å². The molecule has 1 aromatic rings. The number of amides is 2. The van der Waals surface area contributed by atoms with E-state index in [1.807, 2.05) is 24.4 Å². The Bertz CT molecular complexity index is 475. The first-order valence-electron chi connectivity index (χ1n) is 7.24. The maximum Gasteiger partial charge on any atom is 0.263 e. The van der Waals surface area contributed by atoms with Crippen molar-refractivity contribution in [1.29, 1.82) is 0 Å². The van der Waals surface area contributed by atoms with Crippen molar-refractivity contribution in [3.8, 4) is 0 Å². The minimum atomic E-state index is -0.123. The largest absolute Gasteiger partial charge is 0.383 e. The molecule has 21 heavy (non-hydrogen) atoms. The second-order valence-corrected chi connectivity index (χ2v) is 6.38. The van der Waals surface area contributed by atoms with Crippen LogP contribution < -0.4 is 5.32 Å². The number of likely N-dealkylation sites (tertiary alicyclic amines) is 1. The van der Waals surface area contributed by atoms with E-state index in [9.17, 15) is 9.59 Å². The predicted molar refractivity (Wildman–Crippen MR) is 82.4 cm³/mol. The first-order valence-corrected chi connectivity index (χ1v) is 8.12. The lowest BCUT2D eigenvalue weighted by atomic mass is 9.96. The highest BCUT2D eigenvalue weighted by molar-refractivity contribution is 7.12. The maximum atomic E-state index is 12.3. The van der Waals surface area contributed by atoms with Gasteiger partial charge in [0.25, 0.3) is 5.91 Å². The lowest BCUT2D eigenvalue weighted by Gasteiger charge is -2.32. The van der Waals surface area contributed by atoms with E-state index in [0.717, 1.165) is 24.3 Å². The van der Waals surface area contributed by atoms with E-state index in [0.29, 0.717) is 13.2 Å². The molecule has 2 atom stereocenters. The van der Waals surface area contributed by atoms with Gasteiger partial charge in [-0.15, -0.1) is 11.3 Å². The molecule has 2 rings (SSSR count). The summed E-state index contributed by atoms with van der Waals surface area (Å²) >= 11 is 1.44. The number of rotatable bonds is 5. The molecule has 1 aliphatic rings. The zero-order valence-electron chi connectivity index (χ0n) is 12.5. The molecular formula is C15H22N2O3S. The highest BCUT2D eigenvalue weighted by atomic mass is 32.1. The van der Waals surface area contributed by atoms with E-state index in [2.05, 4.69) is 5.32 Å². The van der Waals surface area contributed by atoms with Crippen molar-refractivity contribution in [3.63, 3.8) is 0 Å². The molecule has 0 unspecified atom stereocenters. The Balaban J connectivity index is 1.91. The Hall–Kier alpha value is -1.40. The Morgan fingerprint density at radius 3 is 3.05 bits per heavy atom. The van der Waals surface area contributed by atoms with Gasteiger partial charge in [0, 0.05) is 26.2 Å². The quantitative estimate of drug-likeness (QED) is 0.901. The van der Waals surface area contributed by atoms with Gasteiger partial charge in [-0.25, -0.2) is 0 Å². The van der Waals surface area contributed by atoms with Crippen molar-refractivity contribution in [2.75, 3.05) is 26.8 Å². The van der Waals surface area contributed by atoms with Crippen LogP contribution in [0.5, 0.6) is 0 Å². The summed E-state index contributed by atoms with van der Waals surface area (Å²) in [6.07, 6.45) is 1.70. The molecule has 1 aromatic heterocycles. The maximum absolute atomic E-state index is 12.3. The van der Waals surface area contributed by atoms with Crippen molar-refractivity contribution in [3.05, 3.63) is 22.4 Å². The molecule has 0 bridgehead atoms. The number of hydrogen-bond donors (Lipinski definition) is 1. The van der Waals surface area contributed by atoms with Gasteiger partial charge in [-0.1, -0.05) is 6.07 Å². The molecule has 116 valence electrons. The summed E-state index contributed by atoms with van der Waals surface area (Å²) in [6, 6.07) is 3.70. The van der Waals surface area contributed by atoms with Crippen molar-refractivity contribution >= 4 is 23.2 Å². The van der Waals surface area contributed by atoms with Gasteiger partial charge in [-0.2, -0.15) is 0 Å². The van der Waals surface area contributed by atoms with Gasteiger partial charge in [0.1, 0.15) is 0 Å². The van der Waals surface area contributed by atoms with E-state index < -0.39 is 0 Å². The normalized spacial score (nSPS) is 20.1. The van der Waals surface area contributed by atoms with Crippen molar-refractivity contribution in [2.24, 2.45) is 5.92 Å². The highest BCUT2D eigenvalue weighted by Crippen LogP contribution is 2.20. The van der Waals surface area contributed by atoms with Crippen LogP contribution in [0, 0.1) is 5.92 Å². The van der Waals surface area contributed by atoms with E-state index in [4.69, 9.17) is 4.74 Å². The smallest absolute Gasteiger partial charge is 0.263 e. The van der Waals surface area contributed by atoms with Gasteiger partial charge in [0.2, 0.25) is 5.91 Å². The van der Waals surface area contributed by atoms with Crippen LogP contribution in [0.1, 0.15) is 29.4 Å². The summed E-state index contributed by atoms with van der Waals surface area (Å²) in [7, 11) is 1.62. The minimum Gasteiger partial charge on any atom is -0.383 e. The number of carbonyl (C=O) groups excluding carboxylic acids is 2. The van der Waals surface area contributed by atoms with Crippen LogP contribution in [0.2, 0.25) is 0 Å². The SMILES string of the molecule is COC[C@@H](C)NC(=O)[C@@H]1CCCN(C(=O)c2cccs2)C1. The Kier molecular flexibility index (Phi) is 5.76. The summed E-state index contributed by atoms with van der Waals surface area (Å²) in [4.78, 5) is 27.1. The highest BCUT2D eigenvalue weighted by Gasteiger charge is 2.29.